The number of hydrogen-bond acceptors (Lipinski definition) is 4. The lowest BCUT2D eigenvalue weighted by Crippen LogP contribution is -2.43. The van der Waals surface area contributed by atoms with Crippen LogP contribution in [0.25, 0.3) is 0 Å². The first-order valence-corrected chi connectivity index (χ1v) is 6.01. The minimum Gasteiger partial charge on any atom is -0.383 e. The molecule has 0 aromatic rings. The average Bonchev–Trinajstić information content (AvgIpc) is 2.67. The maximum absolute atomic E-state index is 12.9. The molecule has 0 bridgehead atoms. The standard InChI is InChI=1S/C11H21F2N3O2.2ClH/c1-16(5-6-18-2)4-3-14-10(17)9-7-11(12,13)8-15-9;;/h9,15H,3-8H2,1-2H3,(H,14,17);2*1H. The number of rotatable bonds is 7. The highest BCUT2D eigenvalue weighted by atomic mass is 35.5. The Hall–Kier alpha value is -0.210. The molecule has 1 aliphatic rings. The van der Waals surface area contributed by atoms with Crippen LogP contribution in [0.5, 0.6) is 0 Å². The summed E-state index contributed by atoms with van der Waals surface area (Å²) < 4.78 is 30.7. The molecule has 0 aliphatic carbocycles. The molecule has 1 amide bonds. The molecule has 0 aromatic carbocycles. The summed E-state index contributed by atoms with van der Waals surface area (Å²) in [4.78, 5) is 13.6. The molecule has 2 N–H and O–H groups in total. The van der Waals surface area contributed by atoms with Gasteiger partial charge in [0.15, 0.2) is 0 Å². The van der Waals surface area contributed by atoms with Gasteiger partial charge in [0, 0.05) is 33.2 Å². The monoisotopic (exact) mass is 337 g/mol. The van der Waals surface area contributed by atoms with Crippen molar-refractivity contribution < 1.29 is 18.3 Å². The highest BCUT2D eigenvalue weighted by molar-refractivity contribution is 5.85. The molecule has 1 aliphatic heterocycles. The van der Waals surface area contributed by atoms with Crippen LogP contribution < -0.4 is 10.6 Å². The lowest BCUT2D eigenvalue weighted by Gasteiger charge is -2.17. The van der Waals surface area contributed by atoms with Crippen molar-refractivity contribution in [2.75, 3.05) is 46.9 Å². The van der Waals surface area contributed by atoms with E-state index in [-0.39, 0.29) is 30.7 Å². The molecule has 0 saturated carbocycles. The number of nitrogens with one attached hydrogen (secondary N) is 2. The van der Waals surface area contributed by atoms with Gasteiger partial charge >= 0.3 is 0 Å². The lowest BCUT2D eigenvalue weighted by atomic mass is 10.2. The Labute approximate surface area is 130 Å². The van der Waals surface area contributed by atoms with Crippen LogP contribution in [0.15, 0.2) is 0 Å². The summed E-state index contributed by atoms with van der Waals surface area (Å²) in [5, 5.41) is 5.18. The van der Waals surface area contributed by atoms with E-state index in [1.54, 1.807) is 7.11 Å². The second-order valence-corrected chi connectivity index (χ2v) is 4.58. The number of carbonyl (C=O) groups is 1. The van der Waals surface area contributed by atoms with Gasteiger partial charge in [-0.15, -0.1) is 24.8 Å². The van der Waals surface area contributed by atoms with Crippen molar-refractivity contribution in [3.8, 4) is 0 Å². The van der Waals surface area contributed by atoms with Crippen molar-refractivity contribution in [1.82, 2.24) is 15.5 Å². The Balaban J connectivity index is 0. The number of carbonyl (C=O) groups excluding carboxylic acids is 1. The van der Waals surface area contributed by atoms with E-state index in [0.717, 1.165) is 6.54 Å². The van der Waals surface area contributed by atoms with Crippen LogP contribution in [-0.2, 0) is 9.53 Å². The van der Waals surface area contributed by atoms with Crippen LogP contribution in [0, 0.1) is 0 Å². The number of halogens is 4. The molecule has 0 spiro atoms. The molecule has 5 nitrogen and oxygen atoms in total. The fourth-order valence-electron chi connectivity index (χ4n) is 1.75. The zero-order valence-electron chi connectivity index (χ0n) is 11.7. The molecule has 122 valence electrons. The molecule has 9 heteroatoms. The lowest BCUT2D eigenvalue weighted by molar-refractivity contribution is -0.123. The van der Waals surface area contributed by atoms with Crippen molar-refractivity contribution >= 4 is 30.7 Å². The summed E-state index contributed by atoms with van der Waals surface area (Å²) in [6.45, 7) is 2.09. The maximum Gasteiger partial charge on any atom is 0.262 e. The predicted octanol–water partition coefficient (Wildman–Crippen LogP) is 0.522. The third-order valence-corrected chi connectivity index (χ3v) is 2.90. The summed E-state index contributed by atoms with van der Waals surface area (Å²) in [6.07, 6.45) is -0.418. The first-order chi connectivity index (χ1) is 8.44. The largest absolute Gasteiger partial charge is 0.383 e. The van der Waals surface area contributed by atoms with E-state index < -0.39 is 24.9 Å². The molecule has 1 rings (SSSR count). The van der Waals surface area contributed by atoms with E-state index in [4.69, 9.17) is 4.74 Å². The molecule has 1 unspecified atom stereocenters. The van der Waals surface area contributed by atoms with Crippen molar-refractivity contribution in [3.05, 3.63) is 0 Å². The number of nitrogens with zero attached hydrogens (tertiary/aromatic N) is 1. The topological polar surface area (TPSA) is 53.6 Å². The second kappa shape index (κ2) is 10.5. The highest BCUT2D eigenvalue weighted by Crippen LogP contribution is 2.24. The first kappa shape index (κ1) is 22.1. The maximum atomic E-state index is 12.9. The van der Waals surface area contributed by atoms with Crippen LogP contribution in [0.4, 0.5) is 8.78 Å². The van der Waals surface area contributed by atoms with Gasteiger partial charge in [-0.05, 0) is 7.05 Å². The molecule has 0 radical (unpaired) electrons. The Morgan fingerprint density at radius 3 is 2.60 bits per heavy atom. The zero-order valence-corrected chi connectivity index (χ0v) is 13.3. The Morgan fingerprint density at radius 2 is 2.10 bits per heavy atom. The molecule has 20 heavy (non-hydrogen) atoms. The number of methoxy groups -OCH3 is 1. The average molecular weight is 338 g/mol. The van der Waals surface area contributed by atoms with Crippen molar-refractivity contribution in [1.29, 1.82) is 0 Å². The number of hydrogen-bond donors (Lipinski definition) is 2. The normalized spacial score (nSPS) is 20.1. The first-order valence-electron chi connectivity index (χ1n) is 6.01. The molecule has 0 aromatic heterocycles. The number of ether oxygens (including phenoxy) is 1. The Bertz CT molecular complexity index is 286. The zero-order chi connectivity index (χ0) is 13.6. The van der Waals surface area contributed by atoms with Gasteiger partial charge in [0.05, 0.1) is 19.2 Å². The van der Waals surface area contributed by atoms with Crippen LogP contribution in [0.3, 0.4) is 0 Å². The minimum absolute atomic E-state index is 0. The quantitative estimate of drug-likeness (QED) is 0.711. The third-order valence-electron chi connectivity index (χ3n) is 2.90. The summed E-state index contributed by atoms with van der Waals surface area (Å²) in [6, 6.07) is -0.774. The van der Waals surface area contributed by atoms with E-state index >= 15 is 0 Å². The molecular weight excluding hydrogens is 315 g/mol. The molecule has 1 heterocycles. The minimum atomic E-state index is -2.77. The molecule has 1 atom stereocenters. The van der Waals surface area contributed by atoms with Crippen LogP contribution in [0.2, 0.25) is 0 Å². The Morgan fingerprint density at radius 1 is 1.45 bits per heavy atom. The highest BCUT2D eigenvalue weighted by Gasteiger charge is 2.42. The van der Waals surface area contributed by atoms with Crippen LogP contribution >= 0.6 is 24.8 Å². The molecule has 1 saturated heterocycles. The van der Waals surface area contributed by atoms with E-state index in [9.17, 15) is 13.6 Å². The molecular formula is C11H23Cl2F2N3O2. The van der Waals surface area contributed by atoms with Crippen LogP contribution in [0.1, 0.15) is 6.42 Å². The van der Waals surface area contributed by atoms with E-state index in [2.05, 4.69) is 10.6 Å². The fraction of sp³-hybridized carbons (Fsp3) is 0.909. The summed E-state index contributed by atoms with van der Waals surface area (Å²) in [5.74, 6) is -3.12. The molecule has 1 fully saturated rings. The Kier molecular flexibility index (Phi) is 11.6. The third kappa shape index (κ3) is 8.16. The van der Waals surface area contributed by atoms with E-state index in [1.165, 1.54) is 0 Å². The van der Waals surface area contributed by atoms with Gasteiger partial charge in [-0.1, -0.05) is 0 Å². The number of likely N-dealkylation sites (N-methyl/N-ethyl adjacent to an activating group) is 1. The smallest absolute Gasteiger partial charge is 0.262 e. The van der Waals surface area contributed by atoms with Gasteiger partial charge in [0.2, 0.25) is 5.91 Å². The summed E-state index contributed by atoms with van der Waals surface area (Å²) >= 11 is 0. The SMILES string of the molecule is COCCN(C)CCNC(=O)C1CC(F)(F)CN1.Cl.Cl. The van der Waals surface area contributed by atoms with E-state index in [1.807, 2.05) is 11.9 Å². The number of alkyl halides is 2. The summed E-state index contributed by atoms with van der Waals surface area (Å²) in [7, 11) is 3.54. The van der Waals surface area contributed by atoms with Gasteiger partial charge in [-0.2, -0.15) is 0 Å². The van der Waals surface area contributed by atoms with Gasteiger partial charge < -0.3 is 15.0 Å². The van der Waals surface area contributed by atoms with Crippen molar-refractivity contribution in [2.24, 2.45) is 0 Å². The summed E-state index contributed by atoms with van der Waals surface area (Å²) in [5.41, 5.74) is 0. The van der Waals surface area contributed by atoms with Crippen LogP contribution in [-0.4, -0.2) is 69.7 Å². The number of amides is 1. The van der Waals surface area contributed by atoms with Gasteiger partial charge in [-0.3, -0.25) is 10.1 Å². The fourth-order valence-corrected chi connectivity index (χ4v) is 1.75. The van der Waals surface area contributed by atoms with Crippen molar-refractivity contribution in [3.63, 3.8) is 0 Å². The van der Waals surface area contributed by atoms with Gasteiger partial charge in [-0.25, -0.2) is 8.78 Å². The second-order valence-electron chi connectivity index (χ2n) is 4.58. The van der Waals surface area contributed by atoms with Crippen molar-refractivity contribution in [2.45, 2.75) is 18.4 Å². The predicted molar refractivity (Wildman–Crippen MR) is 78.2 cm³/mol. The van der Waals surface area contributed by atoms with E-state index in [0.29, 0.717) is 19.7 Å². The van der Waals surface area contributed by atoms with Gasteiger partial charge in [0.1, 0.15) is 0 Å². The van der Waals surface area contributed by atoms with Gasteiger partial charge in [0.25, 0.3) is 5.92 Å².